The molecule has 0 aliphatic carbocycles. The van der Waals surface area contributed by atoms with Crippen LogP contribution < -0.4 is 10.6 Å². The van der Waals surface area contributed by atoms with Crippen molar-refractivity contribution in [3.63, 3.8) is 0 Å². The number of nitrogens with one attached hydrogen (secondary N) is 2. The largest absolute Gasteiger partial charge is 0.477 e. The Morgan fingerprint density at radius 2 is 1.23 bits per heavy atom. The summed E-state index contributed by atoms with van der Waals surface area (Å²) in [6, 6.07) is -3.59. The molecule has 0 aromatic rings. The van der Waals surface area contributed by atoms with Crippen LogP contribution >= 0.6 is 0 Å². The number of carboxylic acids is 1. The van der Waals surface area contributed by atoms with E-state index in [2.05, 4.69) is 10.6 Å². The minimum absolute atomic E-state index is 0.431. The maximum atomic E-state index is 13.4. The van der Waals surface area contributed by atoms with Crippen LogP contribution in [0.5, 0.6) is 0 Å². The third-order valence-corrected chi connectivity index (χ3v) is 11.9. The SMILES string of the molecule is CO[C@@H](OC1C(NC(C)=O)[C@H](O[C@H]2C(CO)O[C@@H](OC3C(CO)OC(O)C(O)C3O)C(O)C2O[C@]2(C(=O)O)CC(O)[C@@H](NC(C)=O)C([C@H](O)[C@H](O)CO)O2)OC(CO)[C@@H]1O)C(O)C(O)[C@@H](O)CCO. The van der Waals surface area contributed by atoms with Gasteiger partial charge >= 0.3 is 5.97 Å². The molecular weight excluding hydrogens is 948 g/mol. The van der Waals surface area contributed by atoms with Crippen LogP contribution in [-0.2, 0) is 57.0 Å². The maximum Gasteiger partial charge on any atom is 0.364 e. The Hall–Kier alpha value is -2.59. The molecule has 25 atom stereocenters. The fourth-order valence-corrected chi connectivity index (χ4v) is 8.32. The van der Waals surface area contributed by atoms with Crippen molar-refractivity contribution >= 4 is 17.8 Å². The maximum absolute atomic E-state index is 13.4. The normalized spacial score (nSPS) is 41.3. The van der Waals surface area contributed by atoms with E-state index in [1.165, 1.54) is 0 Å². The summed E-state index contributed by atoms with van der Waals surface area (Å²) >= 11 is 0. The molecule has 0 aromatic heterocycles. The summed E-state index contributed by atoms with van der Waals surface area (Å²) in [6.07, 6.45) is -47.3. The van der Waals surface area contributed by atoms with Crippen molar-refractivity contribution in [2.24, 2.45) is 0 Å². The molecule has 0 saturated carbocycles. The van der Waals surface area contributed by atoms with E-state index in [9.17, 15) is 101 Å². The zero-order valence-corrected chi connectivity index (χ0v) is 37.3. The van der Waals surface area contributed by atoms with Gasteiger partial charge < -0.3 is 140 Å². The van der Waals surface area contributed by atoms with E-state index >= 15 is 0 Å². The minimum Gasteiger partial charge on any atom is -0.477 e. The van der Waals surface area contributed by atoms with Crippen LogP contribution in [-0.4, -0.2) is 298 Å². The highest BCUT2D eigenvalue weighted by molar-refractivity contribution is 5.76. The molecule has 4 fully saturated rings. The summed E-state index contributed by atoms with van der Waals surface area (Å²) in [5.41, 5.74) is 0. The van der Waals surface area contributed by atoms with E-state index < -0.39 is 217 Å². The topological polar surface area (TPSA) is 502 Å². The van der Waals surface area contributed by atoms with Crippen LogP contribution in [0.1, 0.15) is 26.7 Å². The zero-order chi connectivity index (χ0) is 51.8. The number of rotatable bonds is 23. The van der Waals surface area contributed by atoms with E-state index in [0.29, 0.717) is 0 Å². The summed E-state index contributed by atoms with van der Waals surface area (Å²) in [4.78, 5) is 38.3. The van der Waals surface area contributed by atoms with Crippen molar-refractivity contribution in [1.82, 2.24) is 10.6 Å². The van der Waals surface area contributed by atoms with Crippen molar-refractivity contribution in [3.8, 4) is 0 Å². The lowest BCUT2D eigenvalue weighted by Gasteiger charge is -2.52. The van der Waals surface area contributed by atoms with Crippen LogP contribution in [0.25, 0.3) is 0 Å². The Balaban J connectivity index is 1.86. The molecule has 2 amide bonds. The molecule has 4 heterocycles. The first-order chi connectivity index (χ1) is 32.4. The van der Waals surface area contributed by atoms with Gasteiger partial charge in [-0.1, -0.05) is 0 Å². The van der Waals surface area contributed by atoms with Crippen LogP contribution in [0.3, 0.4) is 0 Å². The van der Waals surface area contributed by atoms with Crippen LogP contribution in [0.4, 0.5) is 0 Å². The quantitative estimate of drug-likeness (QED) is 0.0423. The van der Waals surface area contributed by atoms with Gasteiger partial charge in [-0.3, -0.25) is 9.59 Å². The molecule has 4 saturated heterocycles. The summed E-state index contributed by atoms with van der Waals surface area (Å²) in [6.45, 7) is -3.17. The zero-order valence-electron chi connectivity index (χ0n) is 37.3. The smallest absolute Gasteiger partial charge is 0.364 e. The molecule has 0 radical (unpaired) electrons. The number of hydrogen-bond donors (Lipinski definition) is 19. The number of hydrogen-bond acceptors (Lipinski definition) is 28. The number of carbonyl (C=O) groups is 3. The van der Waals surface area contributed by atoms with E-state index in [0.717, 1.165) is 21.0 Å². The van der Waals surface area contributed by atoms with E-state index in [4.69, 9.17) is 42.6 Å². The third kappa shape index (κ3) is 13.5. The monoisotopic (exact) mass is 1010 g/mol. The van der Waals surface area contributed by atoms with Crippen LogP contribution in [0.2, 0.25) is 0 Å². The summed E-state index contributed by atoms with van der Waals surface area (Å²) in [5, 5.41) is 185. The average Bonchev–Trinajstić information content (AvgIpc) is 3.30. The van der Waals surface area contributed by atoms with E-state index in [1.807, 2.05) is 0 Å². The molecule has 15 unspecified atom stereocenters. The predicted octanol–water partition coefficient (Wildman–Crippen LogP) is -11.8. The molecule has 0 bridgehead atoms. The lowest BCUT2D eigenvalue weighted by atomic mass is 9.88. The van der Waals surface area contributed by atoms with Crippen LogP contribution in [0, 0.1) is 0 Å². The van der Waals surface area contributed by atoms with E-state index in [1.54, 1.807) is 0 Å². The van der Waals surface area contributed by atoms with Crippen molar-refractivity contribution in [3.05, 3.63) is 0 Å². The fraction of sp³-hybridized carbons (Fsp3) is 0.921. The van der Waals surface area contributed by atoms with Gasteiger partial charge in [0, 0.05) is 34.0 Å². The number of aliphatic hydroxyl groups is 16. The molecule has 4 aliphatic rings. The number of carboxylic acid groups (broad SMARTS) is 1. The first kappa shape index (κ1) is 59.0. The van der Waals surface area contributed by atoms with Gasteiger partial charge in [0.15, 0.2) is 25.2 Å². The Bertz CT molecular complexity index is 1620. The molecule has 31 heteroatoms. The van der Waals surface area contributed by atoms with Crippen molar-refractivity contribution in [2.45, 2.75) is 180 Å². The second-order valence-corrected chi connectivity index (χ2v) is 16.8. The Morgan fingerprint density at radius 1 is 0.667 bits per heavy atom. The van der Waals surface area contributed by atoms with Gasteiger partial charge in [0.25, 0.3) is 5.79 Å². The molecule has 69 heavy (non-hydrogen) atoms. The summed E-state index contributed by atoms with van der Waals surface area (Å²) in [7, 11) is 0.960. The second-order valence-electron chi connectivity index (χ2n) is 16.8. The minimum atomic E-state index is -3.32. The molecule has 4 aliphatic heterocycles. The van der Waals surface area contributed by atoms with Crippen molar-refractivity contribution < 1.29 is 144 Å². The lowest BCUT2D eigenvalue weighted by molar-refractivity contribution is -0.401. The van der Waals surface area contributed by atoms with E-state index in [-0.39, 0.29) is 0 Å². The van der Waals surface area contributed by atoms with Gasteiger partial charge in [-0.25, -0.2) is 4.79 Å². The summed E-state index contributed by atoms with van der Waals surface area (Å²) in [5.74, 6) is -7.23. The molecule has 0 spiro atoms. The Morgan fingerprint density at radius 3 is 1.77 bits per heavy atom. The average molecular weight is 1010 g/mol. The number of carbonyl (C=O) groups excluding carboxylic acids is 2. The third-order valence-electron chi connectivity index (χ3n) is 11.9. The van der Waals surface area contributed by atoms with Crippen molar-refractivity contribution in [1.29, 1.82) is 0 Å². The number of aliphatic carboxylic acids is 1. The van der Waals surface area contributed by atoms with Gasteiger partial charge in [0.2, 0.25) is 11.8 Å². The van der Waals surface area contributed by atoms with Gasteiger partial charge in [-0.15, -0.1) is 0 Å². The standard InChI is InChI=1S/C38H66N2O29/c1-11(46)39-19-14(49)6-38(37(59)60,68-31(19)22(52)15(50)7-42)69-32-27(57)36(65-28-17(9-44)62-33(58)25(55)24(28)54)64-18(10-45)29(32)66-34-20(40-12(2)47)30(23(53)16(8-43)63-34)67-35(61-3)26(56)21(51)13(48)4-5-41/h13-36,41-45,48-58H,4-10H2,1-3H3,(H,39,46)(H,40,47)(H,59,60)/t13-,14?,15+,16?,17?,18?,19+,20?,21?,22+,23-,24?,25?,26?,27?,28?,29-,30?,31?,32?,33?,34-,35-,36-,38-/m0/s1. The highest BCUT2D eigenvalue weighted by Crippen LogP contribution is 2.40. The lowest BCUT2D eigenvalue weighted by Crippen LogP contribution is -2.72. The highest BCUT2D eigenvalue weighted by Gasteiger charge is 2.62. The number of aliphatic hydroxyl groups excluding tert-OH is 16. The number of ether oxygens (including phenoxy) is 9. The molecule has 19 N–H and O–H groups in total. The first-order valence-electron chi connectivity index (χ1n) is 21.6. The number of methoxy groups -OCH3 is 1. The molecule has 0 aromatic carbocycles. The predicted molar refractivity (Wildman–Crippen MR) is 214 cm³/mol. The Labute approximate surface area is 391 Å². The molecule has 402 valence electrons. The highest BCUT2D eigenvalue weighted by atomic mass is 16.8. The fourth-order valence-electron chi connectivity index (χ4n) is 8.32. The van der Waals surface area contributed by atoms with Crippen molar-refractivity contribution in [2.75, 3.05) is 40.1 Å². The van der Waals surface area contributed by atoms with Gasteiger partial charge in [-0.05, 0) is 6.42 Å². The van der Waals surface area contributed by atoms with Gasteiger partial charge in [0.05, 0.1) is 44.7 Å². The van der Waals surface area contributed by atoms with Crippen LogP contribution in [0.15, 0.2) is 0 Å². The summed E-state index contributed by atoms with van der Waals surface area (Å²) < 4.78 is 51.4. The molecule has 4 rings (SSSR count). The van der Waals surface area contributed by atoms with Gasteiger partial charge in [0.1, 0.15) is 104 Å². The molecular formula is C38H66N2O29. The van der Waals surface area contributed by atoms with Gasteiger partial charge in [-0.2, -0.15) is 0 Å². The second kappa shape index (κ2) is 25.9. The molecule has 31 nitrogen and oxygen atoms in total. The first-order valence-corrected chi connectivity index (χ1v) is 21.6. The number of amides is 2. The Kier molecular flexibility index (Phi) is 22.1.